The van der Waals surface area contributed by atoms with Crippen molar-refractivity contribution in [2.75, 3.05) is 0 Å². The molecule has 7 heteroatoms. The zero-order chi connectivity index (χ0) is 17.7. The van der Waals surface area contributed by atoms with Gasteiger partial charge in [0.25, 0.3) is 5.90 Å². The number of nitrogens with zero attached hydrogens (tertiary/aromatic N) is 1. The van der Waals surface area contributed by atoms with E-state index < -0.39 is 30.0 Å². The quantitative estimate of drug-likeness (QED) is 0.422. The molecule has 0 fully saturated rings. The second-order valence-corrected chi connectivity index (χ2v) is 4.99. The maximum atomic E-state index is 14.2. The van der Waals surface area contributed by atoms with Gasteiger partial charge in [-0.3, -0.25) is 4.94 Å². The molecule has 0 aliphatic heterocycles. The smallest absolute Gasteiger partial charge is 0.273 e. The Kier molecular flexibility index (Phi) is 5.54. The van der Waals surface area contributed by atoms with Gasteiger partial charge in [-0.1, -0.05) is 37.3 Å². The summed E-state index contributed by atoms with van der Waals surface area (Å²) in [6.45, 7) is 1.22. The molecule has 0 bridgehead atoms. The maximum absolute atomic E-state index is 14.2. The van der Waals surface area contributed by atoms with E-state index in [0.717, 1.165) is 6.07 Å². The van der Waals surface area contributed by atoms with E-state index >= 15 is 0 Å². The molecule has 0 spiro atoms. The van der Waals surface area contributed by atoms with Gasteiger partial charge in [0.15, 0.2) is 0 Å². The summed E-state index contributed by atoms with van der Waals surface area (Å²) in [6.07, 6.45) is -4.19. The summed E-state index contributed by atoms with van der Waals surface area (Å²) in [7, 11) is 0. The van der Waals surface area contributed by atoms with Crippen LogP contribution in [0.15, 0.2) is 47.5 Å². The summed E-state index contributed by atoms with van der Waals surface area (Å²) < 4.78 is 65.8. The Bertz CT molecular complexity index is 740. The topological polar surface area (TPSA) is 21.6 Å². The Morgan fingerprint density at radius 1 is 1.04 bits per heavy atom. The molecule has 2 aromatic carbocycles. The Morgan fingerprint density at radius 3 is 2.33 bits per heavy atom. The number of alkyl halides is 3. The first-order valence-corrected chi connectivity index (χ1v) is 7.14. The van der Waals surface area contributed by atoms with E-state index in [1.165, 1.54) is 36.4 Å². The summed E-state index contributed by atoms with van der Waals surface area (Å²) in [5.41, 5.74) is -0.948. The molecule has 0 amide bonds. The van der Waals surface area contributed by atoms with Crippen molar-refractivity contribution in [3.8, 4) is 0 Å². The van der Waals surface area contributed by atoms with Crippen molar-refractivity contribution in [3.63, 3.8) is 0 Å². The van der Waals surface area contributed by atoms with E-state index in [4.69, 9.17) is 0 Å². The first-order valence-electron chi connectivity index (χ1n) is 7.14. The fraction of sp³-hybridized carbons (Fsp3) is 0.235. The molecule has 0 atom stereocenters. The Labute approximate surface area is 135 Å². The molecule has 2 nitrogen and oxygen atoms in total. The minimum absolute atomic E-state index is 0.161. The van der Waals surface area contributed by atoms with Crippen LogP contribution in [-0.2, 0) is 24.1 Å². The summed E-state index contributed by atoms with van der Waals surface area (Å²) in [5, 5.41) is 0. The molecule has 0 heterocycles. The maximum Gasteiger partial charge on any atom is 0.416 e. The van der Waals surface area contributed by atoms with Crippen LogP contribution >= 0.6 is 0 Å². The van der Waals surface area contributed by atoms with Crippen LogP contribution in [0, 0.1) is 5.82 Å². The summed E-state index contributed by atoms with van der Waals surface area (Å²) >= 11 is 0. The average molecular weight is 343 g/mol. The van der Waals surface area contributed by atoms with Crippen LogP contribution in [0.5, 0.6) is 0 Å². The molecular weight excluding hydrogens is 329 g/mol. The van der Waals surface area contributed by atoms with E-state index in [-0.39, 0.29) is 11.1 Å². The van der Waals surface area contributed by atoms with Gasteiger partial charge in [0.05, 0.1) is 17.7 Å². The Balaban J connectivity index is 2.37. The minimum atomic E-state index is -4.56. The highest BCUT2D eigenvalue weighted by molar-refractivity contribution is 5.94. The van der Waals surface area contributed by atoms with Gasteiger partial charge in [-0.15, -0.1) is 0 Å². The zero-order valence-corrected chi connectivity index (χ0v) is 12.7. The van der Waals surface area contributed by atoms with Crippen molar-refractivity contribution in [2.45, 2.75) is 26.1 Å². The van der Waals surface area contributed by atoms with Gasteiger partial charge in [-0.2, -0.15) is 13.2 Å². The third-order valence-electron chi connectivity index (χ3n) is 3.48. The van der Waals surface area contributed by atoms with Gasteiger partial charge < -0.3 is 0 Å². The van der Waals surface area contributed by atoms with E-state index in [1.54, 1.807) is 6.92 Å². The van der Waals surface area contributed by atoms with Crippen LogP contribution in [0.1, 0.15) is 29.2 Å². The standard InChI is InChI=1S/C17H14F5NO/c1-2-11-7-5-8-13(15(11)18)16(24-22)23-10-12-6-3-4-9-14(12)17(19,20)21/h3-9H,2,10H2,1H3. The highest BCUT2D eigenvalue weighted by Crippen LogP contribution is 2.32. The van der Waals surface area contributed by atoms with E-state index in [9.17, 15) is 22.1 Å². The number of rotatable bonds is 4. The minimum Gasteiger partial charge on any atom is -0.273 e. The number of hydrogen-bond donors (Lipinski definition) is 0. The molecule has 2 rings (SSSR count). The third-order valence-corrected chi connectivity index (χ3v) is 3.48. The molecule has 2 aromatic rings. The van der Waals surface area contributed by atoms with Crippen LogP contribution in [0.3, 0.4) is 0 Å². The zero-order valence-electron chi connectivity index (χ0n) is 12.7. The molecule has 0 aliphatic carbocycles. The second-order valence-electron chi connectivity index (χ2n) is 4.99. The molecular formula is C17H14F5NO. The molecule has 24 heavy (non-hydrogen) atoms. The van der Waals surface area contributed by atoms with Crippen molar-refractivity contribution in [2.24, 2.45) is 4.99 Å². The van der Waals surface area contributed by atoms with Crippen molar-refractivity contribution < 1.29 is 27.0 Å². The van der Waals surface area contributed by atoms with E-state index in [2.05, 4.69) is 9.93 Å². The number of aliphatic imine (C=N–C) groups is 1. The van der Waals surface area contributed by atoms with Gasteiger partial charge in [0.1, 0.15) is 5.82 Å². The first kappa shape index (κ1) is 17.9. The normalized spacial score (nSPS) is 12.3. The van der Waals surface area contributed by atoms with Crippen molar-refractivity contribution >= 4 is 5.90 Å². The van der Waals surface area contributed by atoms with Crippen LogP contribution in [0.25, 0.3) is 0 Å². The highest BCUT2D eigenvalue weighted by Gasteiger charge is 2.32. The Hall–Kier alpha value is -2.44. The summed E-state index contributed by atoms with van der Waals surface area (Å²) in [4.78, 5) is 7.27. The lowest BCUT2D eigenvalue weighted by atomic mass is 10.1. The molecule has 0 unspecified atom stereocenters. The molecule has 0 radical (unpaired) electrons. The number of hydrogen-bond acceptors (Lipinski definition) is 2. The first-order chi connectivity index (χ1) is 11.4. The van der Waals surface area contributed by atoms with Crippen LogP contribution < -0.4 is 0 Å². The molecule has 0 aromatic heterocycles. The van der Waals surface area contributed by atoms with Crippen molar-refractivity contribution in [3.05, 3.63) is 70.5 Å². The van der Waals surface area contributed by atoms with Gasteiger partial charge in [-0.25, -0.2) is 9.38 Å². The van der Waals surface area contributed by atoms with Crippen LogP contribution in [0.4, 0.5) is 22.1 Å². The highest BCUT2D eigenvalue weighted by atomic mass is 19.4. The van der Waals surface area contributed by atoms with Crippen molar-refractivity contribution in [1.82, 2.24) is 0 Å². The fourth-order valence-corrected chi connectivity index (χ4v) is 2.26. The van der Waals surface area contributed by atoms with Gasteiger partial charge in [0.2, 0.25) is 0 Å². The molecule has 0 N–H and O–H groups in total. The largest absolute Gasteiger partial charge is 0.416 e. The van der Waals surface area contributed by atoms with E-state index in [0.29, 0.717) is 12.0 Å². The summed E-state index contributed by atoms with van der Waals surface area (Å²) in [6, 6.07) is 9.05. The molecule has 128 valence electrons. The lowest BCUT2D eigenvalue weighted by molar-refractivity contribution is -0.138. The van der Waals surface area contributed by atoms with Crippen LogP contribution in [-0.4, -0.2) is 5.90 Å². The molecule has 0 saturated carbocycles. The van der Waals surface area contributed by atoms with E-state index in [1.807, 2.05) is 0 Å². The Morgan fingerprint density at radius 2 is 1.71 bits per heavy atom. The van der Waals surface area contributed by atoms with Gasteiger partial charge >= 0.3 is 6.18 Å². The van der Waals surface area contributed by atoms with Crippen molar-refractivity contribution in [1.29, 1.82) is 0 Å². The number of halogens is 5. The predicted octanol–water partition coefficient (Wildman–Crippen LogP) is 5.25. The van der Waals surface area contributed by atoms with Crippen LogP contribution in [0.2, 0.25) is 0 Å². The fourth-order valence-electron chi connectivity index (χ4n) is 2.26. The SMILES string of the molecule is CCc1cccc(C(=NCc2ccccc2C(F)(F)F)OF)c1F. The monoisotopic (exact) mass is 343 g/mol. The molecule has 0 saturated heterocycles. The lowest BCUT2D eigenvalue weighted by Crippen LogP contribution is -2.10. The number of aryl methyl sites for hydroxylation is 1. The second kappa shape index (κ2) is 7.42. The molecule has 0 aliphatic rings. The predicted molar refractivity (Wildman–Crippen MR) is 79.7 cm³/mol. The summed E-state index contributed by atoms with van der Waals surface area (Å²) in [5.74, 6) is -1.40. The average Bonchev–Trinajstić information content (AvgIpc) is 2.56. The third kappa shape index (κ3) is 3.90. The van der Waals surface area contributed by atoms with Gasteiger partial charge in [0, 0.05) is 4.53 Å². The number of benzene rings is 2. The van der Waals surface area contributed by atoms with Gasteiger partial charge in [-0.05, 0) is 29.7 Å². The lowest BCUT2D eigenvalue weighted by Gasteiger charge is -2.11.